The first kappa shape index (κ1) is 15.1. The molecular weight excluding hydrogens is 273 g/mol. The molecule has 1 atom stereocenters. The smallest absolute Gasteiger partial charge is 0.170 e. The van der Waals surface area contributed by atoms with E-state index in [1.165, 1.54) is 12.1 Å². The Morgan fingerprint density at radius 3 is 2.81 bits per heavy atom. The second kappa shape index (κ2) is 6.41. The Morgan fingerprint density at radius 1 is 1.43 bits per heavy atom. The number of oxime groups is 1. The predicted octanol–water partition coefficient (Wildman–Crippen LogP) is 2.67. The van der Waals surface area contributed by atoms with E-state index >= 15 is 0 Å². The third-order valence-electron chi connectivity index (χ3n) is 3.24. The number of nitrogens with two attached hydrogens (primary N) is 1. The van der Waals surface area contributed by atoms with E-state index < -0.39 is 5.82 Å². The maximum Gasteiger partial charge on any atom is 0.170 e. The molecule has 0 amide bonds. The first-order chi connectivity index (χ1) is 10.0. The van der Waals surface area contributed by atoms with E-state index in [0.717, 1.165) is 17.1 Å². The van der Waals surface area contributed by atoms with E-state index in [2.05, 4.69) is 10.5 Å². The van der Waals surface area contributed by atoms with Gasteiger partial charge in [0.2, 0.25) is 0 Å². The van der Waals surface area contributed by atoms with Crippen molar-refractivity contribution >= 4 is 5.84 Å². The van der Waals surface area contributed by atoms with Crippen LogP contribution < -0.4 is 11.1 Å². The number of furan rings is 1. The first-order valence-electron chi connectivity index (χ1n) is 6.57. The Kier molecular flexibility index (Phi) is 4.59. The Balaban J connectivity index is 2.13. The quantitative estimate of drug-likeness (QED) is 0.342. The second-order valence-corrected chi connectivity index (χ2v) is 4.84. The molecule has 112 valence electrons. The summed E-state index contributed by atoms with van der Waals surface area (Å²) in [6.07, 6.45) is 0. The molecule has 0 fully saturated rings. The van der Waals surface area contributed by atoms with Crippen LogP contribution in [0.2, 0.25) is 0 Å². The Labute approximate surface area is 122 Å². The van der Waals surface area contributed by atoms with Crippen LogP contribution in [0.3, 0.4) is 0 Å². The molecule has 1 heterocycles. The minimum Gasteiger partial charge on any atom is -0.465 e. The van der Waals surface area contributed by atoms with Crippen LogP contribution in [-0.4, -0.2) is 11.0 Å². The molecule has 4 N–H and O–H groups in total. The van der Waals surface area contributed by atoms with Gasteiger partial charge in [-0.3, -0.25) is 0 Å². The number of hydrogen-bond acceptors (Lipinski definition) is 4. The van der Waals surface area contributed by atoms with Crippen molar-refractivity contribution in [2.24, 2.45) is 10.9 Å². The molecule has 6 heteroatoms. The topological polar surface area (TPSA) is 83.8 Å². The average Bonchev–Trinajstić information content (AvgIpc) is 2.91. The van der Waals surface area contributed by atoms with Gasteiger partial charge in [0, 0.05) is 12.1 Å². The van der Waals surface area contributed by atoms with Crippen molar-refractivity contribution in [3.63, 3.8) is 0 Å². The van der Waals surface area contributed by atoms with Crippen molar-refractivity contribution in [1.29, 1.82) is 0 Å². The van der Waals surface area contributed by atoms with Crippen LogP contribution in [0.25, 0.3) is 0 Å². The van der Waals surface area contributed by atoms with E-state index in [1.807, 2.05) is 26.0 Å². The maximum atomic E-state index is 13.3. The van der Waals surface area contributed by atoms with Crippen LogP contribution in [-0.2, 0) is 6.54 Å². The van der Waals surface area contributed by atoms with Gasteiger partial charge in [-0.15, -0.1) is 0 Å². The van der Waals surface area contributed by atoms with Crippen molar-refractivity contribution < 1.29 is 14.0 Å². The van der Waals surface area contributed by atoms with Gasteiger partial charge in [-0.2, -0.15) is 0 Å². The van der Waals surface area contributed by atoms with Gasteiger partial charge in [0.05, 0.1) is 6.04 Å². The molecule has 0 saturated carbocycles. The number of rotatable bonds is 5. The number of halogens is 1. The van der Waals surface area contributed by atoms with Gasteiger partial charge in [-0.25, -0.2) is 4.39 Å². The molecule has 0 radical (unpaired) electrons. The number of benzene rings is 1. The van der Waals surface area contributed by atoms with Crippen LogP contribution in [0.4, 0.5) is 4.39 Å². The van der Waals surface area contributed by atoms with Gasteiger partial charge in [0.15, 0.2) is 5.84 Å². The van der Waals surface area contributed by atoms with Gasteiger partial charge in [-0.05, 0) is 43.7 Å². The van der Waals surface area contributed by atoms with Gasteiger partial charge in [0.1, 0.15) is 17.3 Å². The predicted molar refractivity (Wildman–Crippen MR) is 77.6 cm³/mol. The van der Waals surface area contributed by atoms with Crippen LogP contribution in [0.1, 0.15) is 35.6 Å². The van der Waals surface area contributed by atoms with E-state index in [0.29, 0.717) is 12.1 Å². The van der Waals surface area contributed by atoms with Crippen molar-refractivity contribution in [1.82, 2.24) is 5.32 Å². The third-order valence-corrected chi connectivity index (χ3v) is 3.24. The van der Waals surface area contributed by atoms with Gasteiger partial charge < -0.3 is 20.7 Å². The molecule has 0 aliphatic carbocycles. The highest BCUT2D eigenvalue weighted by atomic mass is 19.1. The highest BCUT2D eigenvalue weighted by molar-refractivity contribution is 5.98. The molecule has 1 unspecified atom stereocenters. The summed E-state index contributed by atoms with van der Waals surface area (Å²) in [5.41, 5.74) is 6.68. The summed E-state index contributed by atoms with van der Waals surface area (Å²) in [6.45, 7) is 4.28. The van der Waals surface area contributed by atoms with Crippen molar-refractivity contribution in [2.75, 3.05) is 0 Å². The van der Waals surface area contributed by atoms with Crippen molar-refractivity contribution in [3.8, 4) is 0 Å². The fourth-order valence-electron chi connectivity index (χ4n) is 2.04. The summed E-state index contributed by atoms with van der Waals surface area (Å²) in [6, 6.07) is 7.98. The standard InChI is InChI=1S/C15H18FN3O2/c1-9-3-6-14(21-9)10(2)18-8-11-4-5-12(16)7-13(11)15(17)19-20/h3-7,10,18,20H,8H2,1-2H3,(H2,17,19). The first-order valence-corrected chi connectivity index (χ1v) is 6.57. The number of hydrogen-bond donors (Lipinski definition) is 3. The van der Waals surface area contributed by atoms with Crippen LogP contribution >= 0.6 is 0 Å². The van der Waals surface area contributed by atoms with E-state index in [-0.39, 0.29) is 11.9 Å². The van der Waals surface area contributed by atoms with Gasteiger partial charge in [0.25, 0.3) is 0 Å². The molecule has 0 saturated heterocycles. The molecule has 0 spiro atoms. The molecule has 5 nitrogen and oxygen atoms in total. The molecular formula is C15H18FN3O2. The van der Waals surface area contributed by atoms with Crippen molar-refractivity contribution in [2.45, 2.75) is 26.4 Å². The van der Waals surface area contributed by atoms with Crippen LogP contribution in [0, 0.1) is 12.7 Å². The largest absolute Gasteiger partial charge is 0.465 e. The highest BCUT2D eigenvalue weighted by Crippen LogP contribution is 2.17. The number of nitrogens with one attached hydrogen (secondary N) is 1. The zero-order valence-corrected chi connectivity index (χ0v) is 11.9. The monoisotopic (exact) mass is 291 g/mol. The molecule has 21 heavy (non-hydrogen) atoms. The molecule has 1 aromatic heterocycles. The third kappa shape index (κ3) is 3.61. The second-order valence-electron chi connectivity index (χ2n) is 4.84. The summed E-state index contributed by atoms with van der Waals surface area (Å²) in [5.74, 6) is 1.11. The summed E-state index contributed by atoms with van der Waals surface area (Å²) in [4.78, 5) is 0. The Bertz CT molecular complexity index is 652. The lowest BCUT2D eigenvalue weighted by Crippen LogP contribution is -2.22. The van der Waals surface area contributed by atoms with Crippen LogP contribution in [0.5, 0.6) is 0 Å². The highest BCUT2D eigenvalue weighted by Gasteiger charge is 2.12. The van der Waals surface area contributed by atoms with Gasteiger partial charge in [-0.1, -0.05) is 11.2 Å². The molecule has 2 rings (SSSR count). The number of amidine groups is 1. The number of aryl methyl sites for hydroxylation is 1. The minimum atomic E-state index is -0.435. The average molecular weight is 291 g/mol. The molecule has 0 bridgehead atoms. The Morgan fingerprint density at radius 2 is 2.19 bits per heavy atom. The lowest BCUT2D eigenvalue weighted by Gasteiger charge is -2.14. The van der Waals surface area contributed by atoms with Crippen LogP contribution in [0.15, 0.2) is 39.9 Å². The fraction of sp³-hybridized carbons (Fsp3) is 0.267. The normalized spacial score (nSPS) is 13.4. The van der Waals surface area contributed by atoms with E-state index in [4.69, 9.17) is 15.4 Å². The zero-order chi connectivity index (χ0) is 15.4. The molecule has 2 aromatic rings. The van der Waals surface area contributed by atoms with Gasteiger partial charge >= 0.3 is 0 Å². The van der Waals surface area contributed by atoms with E-state index in [9.17, 15) is 4.39 Å². The lowest BCUT2D eigenvalue weighted by molar-refractivity contribution is 0.318. The lowest BCUT2D eigenvalue weighted by atomic mass is 10.1. The zero-order valence-electron chi connectivity index (χ0n) is 11.9. The van der Waals surface area contributed by atoms with E-state index in [1.54, 1.807) is 6.07 Å². The summed E-state index contributed by atoms with van der Waals surface area (Å²) in [7, 11) is 0. The van der Waals surface area contributed by atoms with Crippen molar-refractivity contribution in [3.05, 3.63) is 58.8 Å². The molecule has 1 aromatic carbocycles. The minimum absolute atomic E-state index is 0.0103. The fourth-order valence-corrected chi connectivity index (χ4v) is 2.04. The Hall–Kier alpha value is -2.34. The summed E-state index contributed by atoms with van der Waals surface area (Å²) in [5, 5.41) is 15.0. The summed E-state index contributed by atoms with van der Waals surface area (Å²) < 4.78 is 18.8. The molecule has 0 aliphatic heterocycles. The number of nitrogens with zero attached hydrogens (tertiary/aromatic N) is 1. The maximum absolute atomic E-state index is 13.3. The SMILES string of the molecule is Cc1ccc(C(C)NCc2ccc(F)cc2C(N)=NO)o1. The molecule has 0 aliphatic rings. The summed E-state index contributed by atoms with van der Waals surface area (Å²) >= 11 is 0.